The Hall–Kier alpha value is -2.45. The Bertz CT molecular complexity index is 1000. The number of hydrogen-bond donors (Lipinski definition) is 2. The van der Waals surface area contributed by atoms with Crippen LogP contribution in [0.5, 0.6) is 0 Å². The SMILES string of the molecule is O=C(NC1CCN(CC2CCCC2)CC1)N1CCN(Cc2nc3ccccc3c(=O)[nH]2)CC1. The number of amides is 2. The first-order chi connectivity index (χ1) is 16.1. The summed E-state index contributed by atoms with van der Waals surface area (Å²) in [6.45, 7) is 7.01. The first kappa shape index (κ1) is 22.3. The van der Waals surface area contributed by atoms with Gasteiger partial charge >= 0.3 is 6.03 Å². The molecule has 1 aromatic heterocycles. The van der Waals surface area contributed by atoms with Gasteiger partial charge in [-0.2, -0.15) is 0 Å². The van der Waals surface area contributed by atoms with E-state index in [9.17, 15) is 9.59 Å². The number of rotatable bonds is 5. The van der Waals surface area contributed by atoms with E-state index in [1.165, 1.54) is 32.2 Å². The van der Waals surface area contributed by atoms with Crippen molar-refractivity contribution in [2.75, 3.05) is 45.8 Å². The van der Waals surface area contributed by atoms with Crippen molar-refractivity contribution in [1.82, 2.24) is 30.0 Å². The molecule has 3 aliphatic rings. The number of carbonyl (C=O) groups is 1. The molecule has 3 fully saturated rings. The second-order valence-electron chi connectivity index (χ2n) is 9.97. The van der Waals surface area contributed by atoms with Gasteiger partial charge in [-0.3, -0.25) is 9.69 Å². The molecule has 1 aliphatic carbocycles. The maximum atomic E-state index is 12.8. The van der Waals surface area contributed by atoms with Crippen molar-refractivity contribution in [3.63, 3.8) is 0 Å². The van der Waals surface area contributed by atoms with Crippen molar-refractivity contribution < 1.29 is 4.79 Å². The Morgan fingerprint density at radius 2 is 1.70 bits per heavy atom. The fourth-order valence-corrected chi connectivity index (χ4v) is 5.61. The van der Waals surface area contributed by atoms with Gasteiger partial charge in [0, 0.05) is 51.9 Å². The second-order valence-corrected chi connectivity index (χ2v) is 9.97. The molecule has 0 radical (unpaired) electrons. The molecule has 2 aromatic rings. The van der Waals surface area contributed by atoms with Crippen molar-refractivity contribution in [1.29, 1.82) is 0 Å². The number of para-hydroxylation sites is 1. The first-order valence-electron chi connectivity index (χ1n) is 12.6. The summed E-state index contributed by atoms with van der Waals surface area (Å²) >= 11 is 0. The molecule has 0 atom stereocenters. The van der Waals surface area contributed by atoms with Gasteiger partial charge in [0.2, 0.25) is 0 Å². The van der Waals surface area contributed by atoms with Gasteiger partial charge in [0.25, 0.3) is 5.56 Å². The number of nitrogens with one attached hydrogen (secondary N) is 2. The van der Waals surface area contributed by atoms with Crippen LogP contribution in [0.15, 0.2) is 29.1 Å². The van der Waals surface area contributed by atoms with Crippen LogP contribution < -0.4 is 10.9 Å². The van der Waals surface area contributed by atoms with E-state index in [4.69, 9.17) is 0 Å². The van der Waals surface area contributed by atoms with Crippen molar-refractivity contribution in [3.05, 3.63) is 40.4 Å². The van der Waals surface area contributed by atoms with Gasteiger partial charge in [-0.05, 0) is 43.7 Å². The third kappa shape index (κ3) is 5.55. The van der Waals surface area contributed by atoms with Crippen molar-refractivity contribution in [2.45, 2.75) is 51.1 Å². The predicted octanol–water partition coefficient (Wildman–Crippen LogP) is 2.40. The zero-order valence-electron chi connectivity index (χ0n) is 19.5. The minimum Gasteiger partial charge on any atom is -0.335 e. The highest BCUT2D eigenvalue weighted by Crippen LogP contribution is 2.26. The number of likely N-dealkylation sites (tertiary alicyclic amines) is 1. The van der Waals surface area contributed by atoms with E-state index in [2.05, 4.69) is 25.1 Å². The van der Waals surface area contributed by atoms with Gasteiger partial charge in [-0.25, -0.2) is 9.78 Å². The summed E-state index contributed by atoms with van der Waals surface area (Å²) in [5.41, 5.74) is 0.631. The molecule has 2 amide bonds. The largest absolute Gasteiger partial charge is 0.335 e. The number of urea groups is 1. The number of piperazine rings is 1. The van der Waals surface area contributed by atoms with Crippen LogP contribution in [-0.2, 0) is 6.54 Å². The first-order valence-corrected chi connectivity index (χ1v) is 12.6. The van der Waals surface area contributed by atoms with Gasteiger partial charge < -0.3 is 20.1 Å². The zero-order chi connectivity index (χ0) is 22.6. The molecule has 1 aromatic carbocycles. The van der Waals surface area contributed by atoms with Crippen molar-refractivity contribution >= 4 is 16.9 Å². The lowest BCUT2D eigenvalue weighted by molar-refractivity contribution is 0.125. The molecule has 1 saturated carbocycles. The number of hydrogen-bond acceptors (Lipinski definition) is 5. The van der Waals surface area contributed by atoms with Crippen LogP contribution in [0.4, 0.5) is 4.79 Å². The number of piperidine rings is 1. The van der Waals surface area contributed by atoms with E-state index >= 15 is 0 Å². The van der Waals surface area contributed by atoms with Crippen molar-refractivity contribution in [2.24, 2.45) is 5.92 Å². The smallest absolute Gasteiger partial charge is 0.317 e. The summed E-state index contributed by atoms with van der Waals surface area (Å²) < 4.78 is 0. The van der Waals surface area contributed by atoms with Crippen LogP contribution in [0.3, 0.4) is 0 Å². The van der Waals surface area contributed by atoms with Crippen molar-refractivity contribution in [3.8, 4) is 0 Å². The molecule has 8 heteroatoms. The highest BCUT2D eigenvalue weighted by atomic mass is 16.2. The number of aromatic amines is 1. The quantitative estimate of drug-likeness (QED) is 0.728. The molecule has 2 N–H and O–H groups in total. The third-order valence-electron chi connectivity index (χ3n) is 7.60. The number of aromatic nitrogens is 2. The molecular weight excluding hydrogens is 416 g/mol. The van der Waals surface area contributed by atoms with Crippen LogP contribution in [0.2, 0.25) is 0 Å². The van der Waals surface area contributed by atoms with Gasteiger partial charge in [0.05, 0.1) is 17.4 Å². The molecule has 33 heavy (non-hydrogen) atoms. The highest BCUT2D eigenvalue weighted by molar-refractivity contribution is 5.77. The Labute approximate surface area is 195 Å². The average Bonchev–Trinajstić information content (AvgIpc) is 3.34. The Kier molecular flexibility index (Phi) is 6.92. The molecule has 0 spiro atoms. The van der Waals surface area contributed by atoms with Gasteiger partial charge in [-0.1, -0.05) is 25.0 Å². The summed E-state index contributed by atoms with van der Waals surface area (Å²) in [7, 11) is 0. The fraction of sp³-hybridized carbons (Fsp3) is 0.640. The van der Waals surface area contributed by atoms with E-state index in [1.807, 2.05) is 23.1 Å². The molecule has 2 aliphatic heterocycles. The molecular formula is C25H36N6O2. The molecule has 2 saturated heterocycles. The summed E-state index contributed by atoms with van der Waals surface area (Å²) in [4.78, 5) is 39.4. The Morgan fingerprint density at radius 3 is 2.45 bits per heavy atom. The lowest BCUT2D eigenvalue weighted by atomic mass is 10.0. The normalized spacial score (nSPS) is 21.6. The molecule has 0 bridgehead atoms. The predicted molar refractivity (Wildman–Crippen MR) is 129 cm³/mol. The number of nitrogens with zero attached hydrogens (tertiary/aromatic N) is 4. The van der Waals surface area contributed by atoms with Crippen LogP contribution in [0.25, 0.3) is 10.9 Å². The zero-order valence-corrected chi connectivity index (χ0v) is 19.5. The van der Waals surface area contributed by atoms with E-state index in [1.54, 1.807) is 6.07 Å². The lowest BCUT2D eigenvalue weighted by Gasteiger charge is -2.37. The van der Waals surface area contributed by atoms with E-state index in [0.717, 1.165) is 50.5 Å². The fourth-order valence-electron chi connectivity index (χ4n) is 5.61. The average molecular weight is 453 g/mol. The van der Waals surface area contributed by atoms with E-state index in [0.29, 0.717) is 36.9 Å². The van der Waals surface area contributed by atoms with Crippen LogP contribution in [0, 0.1) is 5.92 Å². The summed E-state index contributed by atoms with van der Waals surface area (Å²) in [5, 5.41) is 3.89. The third-order valence-corrected chi connectivity index (χ3v) is 7.60. The van der Waals surface area contributed by atoms with Crippen LogP contribution in [0.1, 0.15) is 44.3 Å². The molecule has 5 rings (SSSR count). The minimum atomic E-state index is -0.0945. The topological polar surface area (TPSA) is 84.6 Å². The van der Waals surface area contributed by atoms with Gasteiger partial charge in [0.1, 0.15) is 5.82 Å². The number of carbonyl (C=O) groups excluding carboxylic acids is 1. The van der Waals surface area contributed by atoms with Gasteiger partial charge in [0.15, 0.2) is 0 Å². The molecule has 3 heterocycles. The monoisotopic (exact) mass is 452 g/mol. The van der Waals surface area contributed by atoms with Crippen LogP contribution >= 0.6 is 0 Å². The molecule has 0 unspecified atom stereocenters. The molecule has 8 nitrogen and oxygen atoms in total. The number of benzene rings is 1. The number of fused-ring (bicyclic) bond motifs is 1. The maximum Gasteiger partial charge on any atom is 0.317 e. The minimum absolute atomic E-state index is 0.0705. The van der Waals surface area contributed by atoms with Gasteiger partial charge in [-0.15, -0.1) is 0 Å². The summed E-state index contributed by atoms with van der Waals surface area (Å²) in [5.74, 6) is 1.58. The highest BCUT2D eigenvalue weighted by Gasteiger charge is 2.27. The Balaban J connectivity index is 1.05. The standard InChI is InChI=1S/C25H36N6O2/c32-24-21-7-3-4-8-22(21)27-23(28-24)18-30-13-15-31(16-14-30)25(33)26-20-9-11-29(12-10-20)17-19-5-1-2-6-19/h3-4,7-8,19-20H,1-2,5-6,9-18H2,(H,26,33)(H,27,28,32). The van der Waals surface area contributed by atoms with E-state index in [-0.39, 0.29) is 11.6 Å². The van der Waals surface area contributed by atoms with E-state index < -0.39 is 0 Å². The maximum absolute atomic E-state index is 12.8. The molecule has 178 valence electrons. The number of H-pyrrole nitrogens is 1. The Morgan fingerprint density at radius 1 is 0.970 bits per heavy atom. The summed E-state index contributed by atoms with van der Waals surface area (Å²) in [6, 6.07) is 7.78. The van der Waals surface area contributed by atoms with Crippen LogP contribution in [-0.4, -0.2) is 82.6 Å². The lowest BCUT2D eigenvalue weighted by Crippen LogP contribution is -2.54. The summed E-state index contributed by atoms with van der Waals surface area (Å²) in [6.07, 6.45) is 7.71. The second kappa shape index (κ2) is 10.2.